The van der Waals surface area contributed by atoms with E-state index in [2.05, 4.69) is 153 Å². The summed E-state index contributed by atoms with van der Waals surface area (Å²) in [5, 5.41) is 72.9. The largest absolute Gasteiger partial charge is 1.00 e. The molecular weight excluding hydrogens is 2190 g/mol. The zero-order valence-electron chi connectivity index (χ0n) is 80.3. The smallest absolute Gasteiger partial charge is 1.00 e. The SMILES string of the molecule is BrCCBr.C1COCCN1.CC(C)n1cnnc1-c1cccc(N)n1.CCO.CCOC(=O)c1cn(CCBr)nc1OC.CCOC(=O)c1cn(CCN2CCOCC2)nc1OC.CCOC(=O)c1cn[nH]c1OC.COc1nn(CCN2CCOCC2)cc1C(=O)Nc1cccc(-c2nncn2C(C)C)n1.COc1nn(CCN2CCOCC2)cc1C(=O)O.O=CO[O-].[2H]CF.[Cs+].[Cs+].[H-]. The van der Waals surface area contributed by atoms with Crippen LogP contribution in [0.15, 0.2) is 80.0 Å². The summed E-state index contributed by atoms with van der Waals surface area (Å²) >= 11 is 9.69. The van der Waals surface area contributed by atoms with Gasteiger partial charge in [0.25, 0.3) is 12.4 Å². The van der Waals surface area contributed by atoms with Crippen LogP contribution in [-0.4, -0.2) is 360 Å². The minimum absolute atomic E-state index is 0. The van der Waals surface area contributed by atoms with Crippen molar-refractivity contribution < 1.29 is 251 Å². The van der Waals surface area contributed by atoms with Gasteiger partial charge in [0.2, 0.25) is 29.4 Å². The number of rotatable bonds is 31. The van der Waals surface area contributed by atoms with E-state index in [1.54, 1.807) is 89.8 Å². The third kappa shape index (κ3) is 47.5. The number of esters is 3. The zero-order valence-corrected chi connectivity index (χ0v) is 95.6. The fraction of sp³-hybridized carbons (Fsp3) is 0.568. The molecule has 1 amide bonds. The van der Waals surface area contributed by atoms with Crippen molar-refractivity contribution in [1.29, 1.82) is 0 Å². The summed E-state index contributed by atoms with van der Waals surface area (Å²) in [5.41, 5.74) is 8.50. The number of alkyl halides is 4. The molecule has 0 unspecified atom stereocenters. The first-order valence-corrected chi connectivity index (χ1v) is 44.9. The minimum atomic E-state index is -1.02. The van der Waals surface area contributed by atoms with Crippen molar-refractivity contribution in [2.45, 2.75) is 93.7 Å². The number of methoxy groups -OCH3 is 5. The van der Waals surface area contributed by atoms with Crippen LogP contribution in [0.1, 0.15) is 122 Å². The van der Waals surface area contributed by atoms with Gasteiger partial charge >= 0.3 is 162 Å². The van der Waals surface area contributed by atoms with Gasteiger partial charge in [0, 0.05) is 131 Å². The molecule has 13 rings (SSSR count). The van der Waals surface area contributed by atoms with Gasteiger partial charge in [-0.2, -0.15) is 5.10 Å². The number of aliphatic hydroxyl groups excluding tert-OH is 1. The van der Waals surface area contributed by atoms with E-state index in [-0.39, 0.29) is 182 Å². The van der Waals surface area contributed by atoms with Gasteiger partial charge in [0.15, 0.2) is 11.6 Å². The fourth-order valence-corrected chi connectivity index (χ4v) is 11.6. The van der Waals surface area contributed by atoms with Crippen molar-refractivity contribution in [3.05, 3.63) is 108 Å². The van der Waals surface area contributed by atoms with Crippen molar-refractivity contribution >= 4 is 95.7 Å². The van der Waals surface area contributed by atoms with E-state index in [0.717, 1.165) is 152 Å². The van der Waals surface area contributed by atoms with E-state index < -0.39 is 31.0 Å². The van der Waals surface area contributed by atoms with Crippen molar-refractivity contribution in [2.24, 2.45) is 0 Å². The van der Waals surface area contributed by atoms with Crippen LogP contribution in [0.25, 0.3) is 23.0 Å². The predicted octanol–water partition coefficient (Wildman–Crippen LogP) is 0.117. The number of aromatic amines is 1. The summed E-state index contributed by atoms with van der Waals surface area (Å²) < 4.78 is 86.9. The molecule has 13 heterocycles. The molecule has 52 heteroatoms. The number of aryl methyl sites for hydroxylation is 1. The predicted molar refractivity (Wildman–Crippen MR) is 490 cm³/mol. The van der Waals surface area contributed by atoms with Crippen LogP contribution in [-0.2, 0) is 69.0 Å². The number of carbonyl (C=O) groups is 6. The number of pyridine rings is 2. The minimum Gasteiger partial charge on any atom is -1.00 e. The second-order valence-electron chi connectivity index (χ2n) is 27.0. The van der Waals surface area contributed by atoms with Gasteiger partial charge in [0.05, 0.1) is 149 Å². The third-order valence-corrected chi connectivity index (χ3v) is 19.7. The first-order chi connectivity index (χ1) is 63.8. The average Bonchev–Trinajstić information content (AvgIpc) is 1.67. The maximum atomic E-state index is 12.9. The van der Waals surface area contributed by atoms with E-state index in [1.165, 1.54) is 47.9 Å². The summed E-state index contributed by atoms with van der Waals surface area (Å²) in [6, 6.07) is 11.4. The van der Waals surface area contributed by atoms with E-state index in [1.807, 2.05) is 47.2 Å². The number of aromatic carboxylic acids is 1. The van der Waals surface area contributed by atoms with Crippen molar-refractivity contribution in [2.75, 3.05) is 221 Å². The Morgan fingerprint density at radius 1 is 0.564 bits per heavy atom. The summed E-state index contributed by atoms with van der Waals surface area (Å²) in [5.74, 6) is 1.07. The van der Waals surface area contributed by atoms with Gasteiger partial charge in [0.1, 0.15) is 63.5 Å². The van der Waals surface area contributed by atoms with Crippen LogP contribution in [0.2, 0.25) is 0 Å². The number of amides is 1. The maximum Gasteiger partial charge on any atom is 1.00 e. The number of halogens is 4. The van der Waals surface area contributed by atoms with Crippen LogP contribution < -0.4 is 183 Å². The first-order valence-electron chi connectivity index (χ1n) is 42.2. The summed E-state index contributed by atoms with van der Waals surface area (Å²) in [6.07, 6.45) is 11.2. The Kier molecular flexibility index (Phi) is 69.3. The molecule has 0 aliphatic carbocycles. The molecule has 4 saturated heterocycles. The van der Waals surface area contributed by atoms with Gasteiger partial charge in [-0.05, 0) is 79.7 Å². The van der Waals surface area contributed by atoms with Crippen LogP contribution >= 0.6 is 47.8 Å². The number of hydrogen-bond acceptors (Lipinski definition) is 37. The topological polar surface area (TPSA) is 533 Å². The number of carboxylic acids is 1. The number of carboxylic acid groups (broad SMARTS) is 1. The van der Waals surface area contributed by atoms with Crippen molar-refractivity contribution in [3.63, 3.8) is 0 Å². The van der Waals surface area contributed by atoms with Gasteiger partial charge in [-0.15, -0.1) is 40.8 Å². The Labute approximate surface area is 919 Å². The number of anilines is 2. The number of nitrogen functional groups attached to an aromatic ring is 1. The third-order valence-electron chi connectivity index (χ3n) is 17.5. The molecule has 0 aromatic carbocycles. The van der Waals surface area contributed by atoms with E-state index in [9.17, 15) is 28.4 Å². The Hall–Kier alpha value is -6.68. The molecule has 9 aromatic rings. The number of nitrogens with one attached hydrogen (secondary N) is 3. The number of nitrogens with two attached hydrogens (primary N) is 1. The Balaban J connectivity index is 0.00000156. The number of ether oxygens (including phenoxy) is 12. The molecule has 0 saturated carbocycles. The van der Waals surface area contributed by atoms with Gasteiger partial charge < -0.3 is 104 Å². The summed E-state index contributed by atoms with van der Waals surface area (Å²) in [6.45, 7) is 35.3. The van der Waals surface area contributed by atoms with Crippen LogP contribution in [0.5, 0.6) is 29.4 Å². The standard InChI is InChI=1S/C21H28N8O3.C13H21N3O4.C11H17N3O4.C10H13N5.C9H13BrN2O3.C7H10N2O3.C4H9NO.C2H4Br2.C2H6O.CH3F.CH2O3.2Cs.H/c1-15(2)29-14-22-25-19(29)17-5-4-6-18(23-17)24-20(30)16-13-28(26-21(16)31-3)8-7-27-9-11-32-12-10-27;1-3-20-13(17)11-10-16(14-12(11)18-2)5-4-15-6-8-19-9-7-15;1-17-10-9(11(15)16)8-14(12-10)3-2-13-4-6-18-7-5-13;1-7(2)15-6-12-14-10(15)8-4-3-5-9(11)13-8;1-3-15-9(13)7-6-12(5-4-10)11-8(7)14-2;1-3-12-7(10)5-4-8-9-6(5)11-2;1-3-6-4-2-5-1;3-1-2-4;1-2-3;1-2;2-1-4-3;;;/h4-6,13-15H,7-12H2,1-3H3,(H,23,24,30);10H,3-9H2,1-2H3;8H,2-7H2,1H3,(H,15,16);3-7H,1-2H3,(H2,11,13);6H,3-5H2,1-2H3;4H,3H2,1-2H3,(H,8,9);5H,1-4H2;1-2H2;3H,2H2,1H3;1H3;1,3H;;;/q;;;;;;;;;;;2*+1;-1/p-1/i;;;;;;;;;1D;;;;. The number of aliphatic hydroxyl groups is 1. The van der Waals surface area contributed by atoms with Crippen molar-refractivity contribution in [1.82, 2.24) is 109 Å². The van der Waals surface area contributed by atoms with Gasteiger partial charge in [-0.3, -0.25) is 47.4 Å². The first kappa shape index (κ1) is 122. The molecule has 0 bridgehead atoms. The van der Waals surface area contributed by atoms with Crippen LogP contribution in [0.4, 0.5) is 16.0 Å². The molecule has 9 aromatic heterocycles. The number of nitrogens with zero attached hydrogens (tertiary/aromatic N) is 20. The Morgan fingerprint density at radius 2 is 0.925 bits per heavy atom. The molecule has 46 nitrogen and oxygen atoms in total. The van der Waals surface area contributed by atoms with E-state index >= 15 is 0 Å². The molecule has 133 heavy (non-hydrogen) atoms. The number of hydrogen-bond donors (Lipinski definition) is 6. The summed E-state index contributed by atoms with van der Waals surface area (Å²) in [4.78, 5) is 85.1. The number of morpholine rings is 4. The van der Waals surface area contributed by atoms with E-state index in [4.69, 9.17) is 84.2 Å². The molecule has 4 aliphatic heterocycles. The average molecular weight is 2310 g/mol. The Morgan fingerprint density at radius 3 is 1.26 bits per heavy atom. The number of H-pyrrole nitrogens is 1. The van der Waals surface area contributed by atoms with Gasteiger partial charge in [-0.25, -0.2) is 34.2 Å². The second kappa shape index (κ2) is 75.4. The van der Waals surface area contributed by atoms with Crippen LogP contribution in [0.3, 0.4) is 0 Å². The number of aromatic nitrogens is 18. The molecular formula is C81H126Br3Cs2FN24O22. The molecule has 0 radical (unpaired) electrons. The van der Waals surface area contributed by atoms with Crippen LogP contribution in [0, 0.1) is 0 Å². The second-order valence-corrected chi connectivity index (χ2v) is 29.3. The number of carbonyl (C=O) groups excluding carboxylic acids is 5. The Bertz CT molecular complexity index is 4640. The molecule has 4 aliphatic rings. The monoisotopic (exact) mass is 2310 g/mol. The van der Waals surface area contributed by atoms with Crippen molar-refractivity contribution in [3.8, 4) is 52.4 Å². The molecule has 4 fully saturated rings. The van der Waals surface area contributed by atoms with E-state index in [0.29, 0.717) is 115 Å². The molecule has 0 atom stereocenters. The normalized spacial score (nSPS) is 13.2. The quantitative estimate of drug-likeness (QED) is 0.00839. The molecule has 732 valence electrons. The summed E-state index contributed by atoms with van der Waals surface area (Å²) in [7, 11) is 6.35. The maximum absolute atomic E-state index is 12.9. The fourth-order valence-electron chi connectivity index (χ4n) is 11.3. The molecule has 0 spiro atoms. The van der Waals surface area contributed by atoms with Gasteiger partial charge in [-0.1, -0.05) is 59.9 Å². The molecule has 7 N–H and O–H groups in total. The zero-order chi connectivity index (χ0) is 97.4.